The lowest BCUT2D eigenvalue weighted by Gasteiger charge is -2.42. The maximum atomic E-state index is 13.6. The maximum absolute atomic E-state index is 13.6. The number of piperidine rings is 1. The SMILES string of the molecule is CCC12CC(C(C(=O)NC3CNC(Cl)CC3OC)C(N)N)N(C)C=C(CC#N)CC1(C)C2. The van der Waals surface area contributed by atoms with Crippen LogP contribution in [0.5, 0.6) is 0 Å². The van der Waals surface area contributed by atoms with Crippen molar-refractivity contribution < 1.29 is 9.53 Å². The largest absolute Gasteiger partial charge is 0.379 e. The first-order chi connectivity index (χ1) is 15.1. The van der Waals surface area contributed by atoms with Gasteiger partial charge in [-0.25, -0.2) is 0 Å². The molecule has 2 fully saturated rings. The first kappa shape index (κ1) is 25.3. The van der Waals surface area contributed by atoms with Crippen LogP contribution in [0.25, 0.3) is 0 Å². The normalized spacial score (nSPS) is 38.1. The average molecular weight is 467 g/mol. The van der Waals surface area contributed by atoms with Crippen LogP contribution in [0.2, 0.25) is 0 Å². The summed E-state index contributed by atoms with van der Waals surface area (Å²) in [6, 6.07) is 1.92. The number of allylic oxidation sites excluding steroid dienone is 1. The van der Waals surface area contributed by atoms with E-state index in [0.29, 0.717) is 19.4 Å². The Morgan fingerprint density at radius 3 is 2.84 bits per heavy atom. The quantitative estimate of drug-likeness (QED) is 0.255. The molecule has 0 aromatic carbocycles. The number of amides is 1. The van der Waals surface area contributed by atoms with E-state index in [1.165, 1.54) is 0 Å². The summed E-state index contributed by atoms with van der Waals surface area (Å²) >= 11 is 6.20. The molecule has 0 aromatic rings. The van der Waals surface area contributed by atoms with Gasteiger partial charge in [-0.05, 0) is 48.3 Å². The van der Waals surface area contributed by atoms with Gasteiger partial charge >= 0.3 is 0 Å². The third-order valence-electron chi connectivity index (χ3n) is 8.20. The molecule has 7 atom stereocenters. The number of hydrogen-bond donors (Lipinski definition) is 4. The maximum Gasteiger partial charge on any atom is 0.228 e. The number of methoxy groups -OCH3 is 1. The lowest BCUT2D eigenvalue weighted by molar-refractivity contribution is -0.130. The van der Waals surface area contributed by atoms with Crippen LogP contribution < -0.4 is 22.1 Å². The third-order valence-corrected chi connectivity index (χ3v) is 8.54. The van der Waals surface area contributed by atoms with Gasteiger partial charge in [0.05, 0.1) is 42.2 Å². The molecule has 1 aliphatic carbocycles. The predicted molar refractivity (Wildman–Crippen MR) is 125 cm³/mol. The summed E-state index contributed by atoms with van der Waals surface area (Å²) in [6.45, 7) is 5.05. The zero-order valence-corrected chi connectivity index (χ0v) is 20.5. The Hall–Kier alpha value is -1.37. The molecule has 0 aromatic heterocycles. The summed E-state index contributed by atoms with van der Waals surface area (Å²) in [6.07, 6.45) is 5.91. The topological polar surface area (TPSA) is 129 Å². The number of nitrogens with two attached hydrogens (primary N) is 2. The van der Waals surface area contributed by atoms with Gasteiger partial charge in [-0.3, -0.25) is 10.1 Å². The van der Waals surface area contributed by atoms with Crippen molar-refractivity contribution in [3.63, 3.8) is 0 Å². The van der Waals surface area contributed by atoms with Crippen LogP contribution in [0.3, 0.4) is 0 Å². The molecule has 0 spiro atoms. The van der Waals surface area contributed by atoms with Crippen LogP contribution in [-0.4, -0.2) is 61.4 Å². The van der Waals surface area contributed by atoms with Gasteiger partial charge in [0.25, 0.3) is 0 Å². The molecule has 9 heteroatoms. The molecule has 0 radical (unpaired) electrons. The highest BCUT2D eigenvalue weighted by Gasteiger charge is 2.64. The average Bonchev–Trinajstić information content (AvgIpc) is 3.30. The number of nitrogens with zero attached hydrogens (tertiary/aromatic N) is 2. The van der Waals surface area contributed by atoms with E-state index in [1.807, 2.05) is 13.2 Å². The molecule has 2 aliphatic heterocycles. The predicted octanol–water partition coefficient (Wildman–Crippen LogP) is 1.60. The Bertz CT molecular complexity index is 770. The third kappa shape index (κ3) is 4.92. The van der Waals surface area contributed by atoms with Crippen LogP contribution in [0.15, 0.2) is 11.8 Å². The number of nitriles is 1. The van der Waals surface area contributed by atoms with E-state index in [1.54, 1.807) is 7.11 Å². The number of ether oxygens (including phenoxy) is 1. The molecule has 1 saturated heterocycles. The van der Waals surface area contributed by atoms with Gasteiger partial charge in [-0.15, -0.1) is 11.6 Å². The van der Waals surface area contributed by atoms with Crippen molar-refractivity contribution in [2.24, 2.45) is 28.2 Å². The lowest BCUT2D eigenvalue weighted by Crippen LogP contribution is -2.62. The van der Waals surface area contributed by atoms with Crippen LogP contribution in [0, 0.1) is 28.1 Å². The second-order valence-corrected chi connectivity index (χ2v) is 10.7. The van der Waals surface area contributed by atoms with E-state index >= 15 is 0 Å². The first-order valence-electron chi connectivity index (χ1n) is 11.6. The summed E-state index contributed by atoms with van der Waals surface area (Å²) in [7, 11) is 3.60. The van der Waals surface area contributed by atoms with Gasteiger partial charge in [0.1, 0.15) is 0 Å². The minimum absolute atomic E-state index is 0.127. The standard InChI is InChI=1S/C23H39ClN6O2/c1-5-23-10-16(30(3)12-14(6-7-25)9-22(23,2)13-23)19(20(26)27)21(31)29-15-11-28-18(24)8-17(15)32-4/h12,15-20,28H,5-6,8-11,13,26-27H2,1-4H3,(H,29,31). The van der Waals surface area contributed by atoms with Crippen molar-refractivity contribution in [3.8, 4) is 6.07 Å². The smallest absolute Gasteiger partial charge is 0.228 e. The van der Waals surface area contributed by atoms with Gasteiger partial charge < -0.3 is 26.4 Å². The number of fused-ring (bicyclic) bond motifs is 1. The van der Waals surface area contributed by atoms with E-state index < -0.39 is 12.1 Å². The number of hydrogen-bond acceptors (Lipinski definition) is 7. The fourth-order valence-electron chi connectivity index (χ4n) is 6.16. The number of rotatable bonds is 7. The highest BCUT2D eigenvalue weighted by molar-refractivity contribution is 6.20. The summed E-state index contributed by atoms with van der Waals surface area (Å²) < 4.78 is 5.58. The lowest BCUT2D eigenvalue weighted by atomic mass is 9.77. The Morgan fingerprint density at radius 1 is 1.53 bits per heavy atom. The fourth-order valence-corrected chi connectivity index (χ4v) is 6.42. The summed E-state index contributed by atoms with van der Waals surface area (Å²) in [4.78, 5) is 15.6. The molecule has 6 N–H and O–H groups in total. The highest BCUT2D eigenvalue weighted by Crippen LogP contribution is 2.71. The molecule has 3 aliphatic rings. The zero-order valence-electron chi connectivity index (χ0n) is 19.7. The van der Waals surface area contributed by atoms with Crippen molar-refractivity contribution in [2.75, 3.05) is 20.7 Å². The number of carbonyl (C=O) groups is 1. The summed E-state index contributed by atoms with van der Waals surface area (Å²) in [5.74, 6) is -0.764. The summed E-state index contributed by atoms with van der Waals surface area (Å²) in [5, 5.41) is 15.7. The van der Waals surface area contributed by atoms with Crippen molar-refractivity contribution >= 4 is 17.5 Å². The number of nitrogens with one attached hydrogen (secondary N) is 2. The van der Waals surface area contributed by atoms with Crippen molar-refractivity contribution in [1.82, 2.24) is 15.5 Å². The Kier molecular flexibility index (Phi) is 7.78. The highest BCUT2D eigenvalue weighted by atomic mass is 35.5. The molecule has 8 nitrogen and oxygen atoms in total. The minimum atomic E-state index is -0.813. The molecule has 180 valence electrons. The molecular formula is C23H39ClN6O2. The Balaban J connectivity index is 1.87. The van der Waals surface area contributed by atoms with E-state index in [-0.39, 0.29) is 40.4 Å². The molecular weight excluding hydrogens is 428 g/mol. The van der Waals surface area contributed by atoms with Gasteiger partial charge in [0.15, 0.2) is 0 Å². The van der Waals surface area contributed by atoms with Crippen LogP contribution in [0.4, 0.5) is 0 Å². The second-order valence-electron chi connectivity index (χ2n) is 10.2. The number of alkyl halides is 1. The first-order valence-corrected chi connectivity index (χ1v) is 12.0. The zero-order chi connectivity index (χ0) is 23.7. The summed E-state index contributed by atoms with van der Waals surface area (Å²) in [5.41, 5.74) is 13.7. The van der Waals surface area contributed by atoms with Crippen LogP contribution >= 0.6 is 11.6 Å². The van der Waals surface area contributed by atoms with Crippen molar-refractivity contribution in [1.29, 1.82) is 5.26 Å². The monoisotopic (exact) mass is 466 g/mol. The number of carbonyl (C=O) groups excluding carboxylic acids is 1. The van der Waals surface area contributed by atoms with Gasteiger partial charge in [-0.1, -0.05) is 13.8 Å². The van der Waals surface area contributed by atoms with E-state index in [2.05, 4.69) is 35.5 Å². The van der Waals surface area contributed by atoms with E-state index in [4.69, 9.17) is 27.8 Å². The van der Waals surface area contributed by atoms with E-state index in [9.17, 15) is 10.1 Å². The molecule has 0 bridgehead atoms. The van der Waals surface area contributed by atoms with Crippen LogP contribution in [-0.2, 0) is 9.53 Å². The molecule has 2 heterocycles. The van der Waals surface area contributed by atoms with Crippen LogP contribution in [0.1, 0.15) is 52.4 Å². The minimum Gasteiger partial charge on any atom is -0.379 e. The van der Waals surface area contributed by atoms with Crippen molar-refractivity contribution in [2.45, 2.75) is 82.2 Å². The molecule has 7 unspecified atom stereocenters. The number of halogens is 1. The molecule has 32 heavy (non-hydrogen) atoms. The molecule has 1 saturated carbocycles. The second kappa shape index (κ2) is 9.86. The van der Waals surface area contributed by atoms with E-state index in [0.717, 1.165) is 31.3 Å². The Labute approximate surface area is 197 Å². The van der Waals surface area contributed by atoms with Gasteiger partial charge in [-0.2, -0.15) is 5.26 Å². The van der Waals surface area contributed by atoms with Gasteiger partial charge in [0.2, 0.25) is 5.91 Å². The fraction of sp³-hybridized carbons (Fsp3) is 0.826. The molecule has 1 amide bonds. The molecule has 3 rings (SSSR count). The van der Waals surface area contributed by atoms with Crippen molar-refractivity contribution in [3.05, 3.63) is 11.8 Å². The van der Waals surface area contributed by atoms with Gasteiger partial charge in [0, 0.05) is 33.2 Å². The Morgan fingerprint density at radius 2 is 2.25 bits per heavy atom.